The zero-order valence-electron chi connectivity index (χ0n) is 45.1. The van der Waals surface area contributed by atoms with Crippen LogP contribution in [0.5, 0.6) is 0 Å². The molecule has 0 saturated heterocycles. The Labute approximate surface area is 440 Å². The van der Waals surface area contributed by atoms with Gasteiger partial charge in [0.2, 0.25) is 11.4 Å². The van der Waals surface area contributed by atoms with E-state index in [0.29, 0.717) is 62.0 Å². The minimum Gasteiger partial charge on any atom is -0.454 e. The zero-order valence-corrected chi connectivity index (χ0v) is 40.1. The van der Waals surface area contributed by atoms with Crippen molar-refractivity contribution in [2.45, 2.75) is 6.42 Å². The summed E-state index contributed by atoms with van der Waals surface area (Å²) in [7, 11) is 0. The zero-order chi connectivity index (χ0) is 54.3. The molecule has 0 radical (unpaired) electrons. The van der Waals surface area contributed by atoms with Gasteiger partial charge in [0.25, 0.3) is 0 Å². The Morgan fingerprint density at radius 2 is 0.842 bits per heavy atom. The van der Waals surface area contributed by atoms with E-state index in [4.69, 9.17) is 10.2 Å². The maximum atomic E-state index is 10.2. The average Bonchev–Trinajstić information content (AvgIpc) is 2.93. The van der Waals surface area contributed by atoms with Gasteiger partial charge in [0.05, 0.1) is 70.2 Å². The Hall–Kier alpha value is -10.6. The van der Waals surface area contributed by atoms with E-state index in [2.05, 4.69) is 73.4 Å². The number of rotatable bonds is 4. The molecule has 0 atom stereocenters. The first-order valence-corrected chi connectivity index (χ1v) is 25.1. The van der Waals surface area contributed by atoms with Crippen molar-refractivity contribution in [3.63, 3.8) is 0 Å². The van der Waals surface area contributed by atoms with Crippen LogP contribution in [0.4, 0.5) is 11.4 Å². The largest absolute Gasteiger partial charge is 0.454 e. The summed E-state index contributed by atoms with van der Waals surface area (Å²) in [4.78, 5) is 9.07. The Kier molecular flexibility index (Phi) is 7.17. The molecule has 76 heavy (non-hydrogen) atoms. The minimum atomic E-state index is -0.566. The van der Waals surface area contributed by atoms with Gasteiger partial charge in [0.1, 0.15) is 11.2 Å². The molecule has 7 heteroatoms. The van der Waals surface area contributed by atoms with Gasteiger partial charge in [0, 0.05) is 65.8 Å². The predicted octanol–water partition coefficient (Wildman–Crippen LogP) is 19.1. The maximum absolute atomic E-state index is 10.2. The number of hydrogen-bond donors (Lipinski definition) is 0. The van der Waals surface area contributed by atoms with E-state index in [-0.39, 0.29) is 33.9 Å². The van der Waals surface area contributed by atoms with Crippen molar-refractivity contribution < 1.29 is 15.7 Å². The molecule has 1 aliphatic carbocycles. The van der Waals surface area contributed by atoms with Gasteiger partial charge < -0.3 is 22.5 Å². The van der Waals surface area contributed by atoms with Crippen LogP contribution in [0.3, 0.4) is 0 Å². The molecule has 11 aromatic carbocycles. The van der Waals surface area contributed by atoms with Crippen molar-refractivity contribution >= 4 is 121 Å². The highest BCUT2D eigenvalue weighted by Gasteiger charge is 2.36. The summed E-state index contributed by atoms with van der Waals surface area (Å²) < 4.78 is 68.7. The fourth-order valence-corrected chi connectivity index (χ4v) is 13.0. The molecule has 17 rings (SSSR count). The Morgan fingerprint density at radius 1 is 0.395 bits per heavy atom. The fraction of sp³-hybridized carbons (Fsp3) is 0.0145. The Bertz CT molecular complexity index is 5650. The molecule has 16 aromatic rings. The van der Waals surface area contributed by atoms with E-state index in [9.17, 15) is 18.6 Å². The van der Waals surface area contributed by atoms with E-state index < -0.39 is 30.2 Å². The fourth-order valence-electron chi connectivity index (χ4n) is 13.0. The molecule has 0 bridgehead atoms. The third-order valence-corrected chi connectivity index (χ3v) is 16.0. The first-order chi connectivity index (χ1) is 39.7. The number of para-hydroxylation sites is 5. The average molecular weight is 973 g/mol. The summed E-state index contributed by atoms with van der Waals surface area (Å²) in [6.07, 6.45) is 0.558. The monoisotopic (exact) mass is 972 g/mol. The second-order valence-electron chi connectivity index (χ2n) is 19.6. The van der Waals surface area contributed by atoms with Crippen molar-refractivity contribution in [1.82, 2.24) is 13.7 Å². The summed E-state index contributed by atoms with van der Waals surface area (Å²) in [6.45, 7) is 19.4. The first kappa shape index (κ1) is 36.3. The molecule has 0 aliphatic heterocycles. The molecular formula is C69H37N5O2. The normalized spacial score (nSPS) is 13.3. The lowest BCUT2D eigenvalue weighted by Crippen LogP contribution is -2.10. The van der Waals surface area contributed by atoms with Gasteiger partial charge in [-0.2, -0.15) is 0 Å². The SMILES string of the molecule is [2H]c1c([2H])c([2H])c(-c2c(-n3c4ccccc4c4ccc5c(c43)Cc3ccccc3-5)c([N+]#[C-])c([N+]#[C-])c(-n3c4ccccc4c4ccc5c6ccccc6oc5c43)c2-n2c3ccccc3c3ccc4c5ccccc5oc4c32)c([2H])c1[2H]. The van der Waals surface area contributed by atoms with Crippen LogP contribution in [0.2, 0.25) is 0 Å². The number of aromatic nitrogens is 3. The third-order valence-electron chi connectivity index (χ3n) is 16.0. The molecule has 7 nitrogen and oxygen atoms in total. The molecule has 5 aromatic heterocycles. The van der Waals surface area contributed by atoms with Gasteiger partial charge in [-0.15, -0.1) is 0 Å². The van der Waals surface area contributed by atoms with Crippen molar-refractivity contribution in [2.24, 2.45) is 0 Å². The van der Waals surface area contributed by atoms with Crippen LogP contribution in [0.25, 0.3) is 158 Å². The topological polar surface area (TPSA) is 49.8 Å². The summed E-state index contributed by atoms with van der Waals surface area (Å²) in [5.74, 6) is 0. The van der Waals surface area contributed by atoms with Crippen LogP contribution in [0, 0.1) is 13.1 Å². The van der Waals surface area contributed by atoms with Gasteiger partial charge in [-0.25, -0.2) is 9.69 Å². The molecule has 350 valence electrons. The lowest BCUT2D eigenvalue weighted by Gasteiger charge is -2.27. The second-order valence-corrected chi connectivity index (χ2v) is 19.6. The van der Waals surface area contributed by atoms with Gasteiger partial charge >= 0.3 is 0 Å². The molecule has 0 fully saturated rings. The van der Waals surface area contributed by atoms with E-state index in [1.165, 1.54) is 0 Å². The molecule has 5 heterocycles. The van der Waals surface area contributed by atoms with Gasteiger partial charge in [-0.3, -0.25) is 0 Å². The van der Waals surface area contributed by atoms with E-state index in [1.54, 1.807) is 0 Å². The number of benzene rings is 11. The van der Waals surface area contributed by atoms with Crippen LogP contribution in [0.1, 0.15) is 18.0 Å². The quantitative estimate of drug-likeness (QED) is 0.165. The minimum absolute atomic E-state index is 0.0219. The molecule has 0 amide bonds. The highest BCUT2D eigenvalue weighted by molar-refractivity contribution is 6.25. The smallest absolute Gasteiger partial charge is 0.222 e. The van der Waals surface area contributed by atoms with Crippen molar-refractivity contribution in [3.05, 3.63) is 246 Å². The standard InChI is InChI=1S/C69H37N5O2/c1-70-60-61(71-2)67(74-56-29-15-10-24-45(56)50-35-37-52-47-26-12-17-31-58(47)76-69(52)64(50)74)66(73-55-28-14-9-23-44(55)49-34-36-51-46-25-11-16-30-57(46)75-68(51)63(49)73)59(39-18-4-3-5-19-39)65(60)72-54-27-13-8-22-43(54)48-33-32-42-41-21-7-6-20-40(41)38-53(42)62(48)72/h3-37H,38H2/i3D,4D,5D,18D,19D. The van der Waals surface area contributed by atoms with Crippen molar-refractivity contribution in [3.8, 4) is 39.3 Å². The van der Waals surface area contributed by atoms with E-state index in [1.807, 2.05) is 132 Å². The van der Waals surface area contributed by atoms with Gasteiger partial charge in [-0.1, -0.05) is 170 Å². The number of nitrogens with zero attached hydrogens (tertiary/aromatic N) is 5. The third kappa shape index (κ3) is 5.18. The molecule has 0 unspecified atom stereocenters. The van der Waals surface area contributed by atoms with Crippen molar-refractivity contribution in [1.29, 1.82) is 0 Å². The number of hydrogen-bond acceptors (Lipinski definition) is 2. The van der Waals surface area contributed by atoms with Crippen LogP contribution in [0.15, 0.2) is 221 Å². The van der Waals surface area contributed by atoms with Crippen LogP contribution < -0.4 is 0 Å². The summed E-state index contributed by atoms with van der Waals surface area (Å²) in [5, 5.41) is 8.52. The molecular weight excluding hydrogens is 931 g/mol. The first-order valence-electron chi connectivity index (χ1n) is 27.6. The van der Waals surface area contributed by atoms with E-state index >= 15 is 0 Å². The van der Waals surface area contributed by atoms with Crippen LogP contribution in [-0.4, -0.2) is 13.7 Å². The molecule has 0 N–H and O–H groups in total. The second kappa shape index (κ2) is 15.0. The maximum Gasteiger partial charge on any atom is 0.222 e. The number of furan rings is 2. The van der Waals surface area contributed by atoms with Crippen molar-refractivity contribution in [2.75, 3.05) is 0 Å². The number of fused-ring (bicyclic) bond motifs is 21. The predicted molar refractivity (Wildman–Crippen MR) is 310 cm³/mol. The summed E-state index contributed by atoms with van der Waals surface area (Å²) in [5.41, 5.74) is 11.4. The highest BCUT2D eigenvalue weighted by Crippen LogP contribution is 2.57. The van der Waals surface area contributed by atoms with Gasteiger partial charge in [0.15, 0.2) is 11.2 Å². The lowest BCUT2D eigenvalue weighted by molar-refractivity contribution is 0.670. The van der Waals surface area contributed by atoms with E-state index in [0.717, 1.165) is 81.6 Å². The Balaban J connectivity index is 1.22. The van der Waals surface area contributed by atoms with Gasteiger partial charge in [-0.05, 0) is 70.3 Å². The molecule has 0 spiro atoms. The summed E-state index contributed by atoms with van der Waals surface area (Å²) >= 11 is 0. The van der Waals surface area contributed by atoms with Crippen LogP contribution >= 0.6 is 0 Å². The Morgan fingerprint density at radius 3 is 1.42 bits per heavy atom. The lowest BCUT2D eigenvalue weighted by atomic mass is 9.95. The van der Waals surface area contributed by atoms with Crippen LogP contribution in [-0.2, 0) is 6.42 Å². The molecule has 1 aliphatic rings. The summed E-state index contributed by atoms with van der Waals surface area (Å²) in [6, 6.07) is 57.9. The molecule has 0 saturated carbocycles. The highest BCUT2D eigenvalue weighted by atomic mass is 16.3.